The molecule has 0 unspecified atom stereocenters. The molecule has 0 saturated heterocycles. The van der Waals surface area contributed by atoms with E-state index < -0.39 is 17.4 Å². The molecule has 0 aliphatic heterocycles. The SMILES string of the molecule is COc1ccc(CCNC(=O)c2cc(-c3ccc(F)cc3)nc(=O)[nH]2)cc1OC. The van der Waals surface area contributed by atoms with Crippen LogP contribution >= 0.6 is 0 Å². The summed E-state index contributed by atoms with van der Waals surface area (Å²) in [5.41, 5.74) is 1.21. The molecule has 3 aromatic rings. The zero-order valence-electron chi connectivity index (χ0n) is 16.0. The Morgan fingerprint density at radius 3 is 2.48 bits per heavy atom. The lowest BCUT2D eigenvalue weighted by molar-refractivity contribution is 0.0948. The summed E-state index contributed by atoms with van der Waals surface area (Å²) in [7, 11) is 3.12. The molecule has 0 aliphatic rings. The third-order valence-electron chi connectivity index (χ3n) is 4.28. The van der Waals surface area contributed by atoms with Gasteiger partial charge in [0.2, 0.25) is 0 Å². The first-order valence-electron chi connectivity index (χ1n) is 8.86. The molecule has 3 rings (SSSR count). The summed E-state index contributed by atoms with van der Waals surface area (Å²) in [4.78, 5) is 30.5. The van der Waals surface area contributed by atoms with Crippen molar-refractivity contribution in [2.75, 3.05) is 20.8 Å². The summed E-state index contributed by atoms with van der Waals surface area (Å²) in [6.07, 6.45) is 0.562. The molecule has 1 heterocycles. The monoisotopic (exact) mass is 397 g/mol. The van der Waals surface area contributed by atoms with Crippen molar-refractivity contribution in [2.45, 2.75) is 6.42 Å². The summed E-state index contributed by atoms with van der Waals surface area (Å²) in [5.74, 6) is 0.404. The quantitative estimate of drug-likeness (QED) is 0.639. The van der Waals surface area contributed by atoms with Crippen LogP contribution in [0.1, 0.15) is 16.1 Å². The Bertz CT molecular complexity index is 1060. The molecule has 150 valence electrons. The zero-order chi connectivity index (χ0) is 20.8. The van der Waals surface area contributed by atoms with E-state index in [0.29, 0.717) is 35.7 Å². The third kappa shape index (κ3) is 4.98. The van der Waals surface area contributed by atoms with Gasteiger partial charge in [-0.05, 0) is 54.4 Å². The first kappa shape index (κ1) is 20.1. The normalized spacial score (nSPS) is 10.4. The molecule has 0 atom stereocenters. The second-order valence-corrected chi connectivity index (χ2v) is 6.19. The minimum absolute atomic E-state index is 0.0802. The molecule has 2 aromatic carbocycles. The van der Waals surface area contributed by atoms with Crippen LogP contribution in [-0.2, 0) is 6.42 Å². The number of hydrogen-bond donors (Lipinski definition) is 2. The molecule has 0 fully saturated rings. The van der Waals surface area contributed by atoms with Crippen molar-refractivity contribution in [3.8, 4) is 22.8 Å². The lowest BCUT2D eigenvalue weighted by Gasteiger charge is -2.10. The van der Waals surface area contributed by atoms with E-state index in [1.165, 1.54) is 30.3 Å². The van der Waals surface area contributed by atoms with Gasteiger partial charge in [-0.15, -0.1) is 0 Å². The highest BCUT2D eigenvalue weighted by Crippen LogP contribution is 2.27. The van der Waals surface area contributed by atoms with Crippen LogP contribution < -0.4 is 20.5 Å². The fraction of sp³-hybridized carbons (Fsp3) is 0.190. The molecule has 0 radical (unpaired) electrons. The maximum atomic E-state index is 13.1. The predicted molar refractivity (Wildman–Crippen MR) is 106 cm³/mol. The van der Waals surface area contributed by atoms with E-state index >= 15 is 0 Å². The Labute approximate surface area is 166 Å². The molecule has 2 N–H and O–H groups in total. The molecule has 0 bridgehead atoms. The van der Waals surface area contributed by atoms with Crippen molar-refractivity contribution in [3.05, 3.63) is 76.1 Å². The standard InChI is InChI=1S/C21H20FN3O4/c1-28-18-8-3-13(11-19(18)29-2)9-10-23-20(26)17-12-16(24-21(27)25-17)14-4-6-15(22)7-5-14/h3-8,11-12H,9-10H2,1-2H3,(H,23,26)(H,24,25,27). The van der Waals surface area contributed by atoms with Gasteiger partial charge < -0.3 is 19.8 Å². The van der Waals surface area contributed by atoms with Crippen LogP contribution in [-0.4, -0.2) is 36.6 Å². The Hall–Kier alpha value is -3.68. The van der Waals surface area contributed by atoms with Gasteiger partial charge in [-0.2, -0.15) is 4.98 Å². The zero-order valence-corrected chi connectivity index (χ0v) is 16.0. The fourth-order valence-corrected chi connectivity index (χ4v) is 2.80. The lowest BCUT2D eigenvalue weighted by Crippen LogP contribution is -2.29. The number of rotatable bonds is 7. The highest BCUT2D eigenvalue weighted by molar-refractivity contribution is 5.93. The number of methoxy groups -OCH3 is 2. The van der Waals surface area contributed by atoms with E-state index in [1.807, 2.05) is 12.1 Å². The second kappa shape index (κ2) is 9.01. The molecule has 29 heavy (non-hydrogen) atoms. The molecule has 0 aliphatic carbocycles. The minimum atomic E-state index is -0.656. The second-order valence-electron chi connectivity index (χ2n) is 6.19. The van der Waals surface area contributed by atoms with Crippen molar-refractivity contribution >= 4 is 5.91 Å². The number of amides is 1. The number of nitrogens with zero attached hydrogens (tertiary/aromatic N) is 1. The number of hydrogen-bond acceptors (Lipinski definition) is 5. The molecule has 1 amide bonds. The fourth-order valence-electron chi connectivity index (χ4n) is 2.80. The van der Waals surface area contributed by atoms with Gasteiger partial charge in [-0.1, -0.05) is 6.07 Å². The first-order chi connectivity index (χ1) is 14.0. The Kier molecular flexibility index (Phi) is 6.23. The van der Waals surface area contributed by atoms with E-state index in [4.69, 9.17) is 9.47 Å². The summed E-state index contributed by atoms with van der Waals surface area (Å²) in [6.45, 7) is 0.352. The Morgan fingerprint density at radius 1 is 1.07 bits per heavy atom. The lowest BCUT2D eigenvalue weighted by atomic mass is 10.1. The number of nitrogens with one attached hydrogen (secondary N) is 2. The highest BCUT2D eigenvalue weighted by atomic mass is 19.1. The third-order valence-corrected chi connectivity index (χ3v) is 4.28. The number of benzene rings is 2. The summed E-state index contributed by atoms with van der Waals surface area (Å²) < 4.78 is 23.6. The van der Waals surface area contributed by atoms with Crippen LogP contribution in [0.25, 0.3) is 11.3 Å². The van der Waals surface area contributed by atoms with Gasteiger partial charge in [0, 0.05) is 12.1 Å². The summed E-state index contributed by atoms with van der Waals surface area (Å²) in [5, 5.41) is 2.76. The van der Waals surface area contributed by atoms with Crippen LogP contribution in [0.2, 0.25) is 0 Å². The van der Waals surface area contributed by atoms with Crippen LogP contribution in [0.5, 0.6) is 11.5 Å². The Morgan fingerprint density at radius 2 is 1.79 bits per heavy atom. The van der Waals surface area contributed by atoms with Crippen LogP contribution in [0.15, 0.2) is 53.3 Å². The molecule has 7 nitrogen and oxygen atoms in total. The van der Waals surface area contributed by atoms with Crippen molar-refractivity contribution in [2.24, 2.45) is 0 Å². The Balaban J connectivity index is 1.68. The number of aromatic nitrogens is 2. The predicted octanol–water partition coefficient (Wildman–Crippen LogP) is 2.57. The van der Waals surface area contributed by atoms with E-state index in [0.717, 1.165) is 5.56 Å². The van der Waals surface area contributed by atoms with E-state index in [2.05, 4.69) is 15.3 Å². The van der Waals surface area contributed by atoms with Crippen molar-refractivity contribution in [1.29, 1.82) is 0 Å². The van der Waals surface area contributed by atoms with E-state index in [1.54, 1.807) is 20.3 Å². The van der Waals surface area contributed by atoms with Gasteiger partial charge in [-0.25, -0.2) is 9.18 Å². The summed E-state index contributed by atoms with van der Waals surface area (Å²) >= 11 is 0. The average molecular weight is 397 g/mol. The van der Waals surface area contributed by atoms with Crippen molar-refractivity contribution in [1.82, 2.24) is 15.3 Å². The molecule has 0 saturated carbocycles. The van der Waals surface area contributed by atoms with Gasteiger partial charge >= 0.3 is 5.69 Å². The number of H-pyrrole nitrogens is 1. The first-order valence-corrected chi connectivity index (χ1v) is 8.86. The van der Waals surface area contributed by atoms with Gasteiger partial charge in [0.15, 0.2) is 11.5 Å². The molecule has 0 spiro atoms. The highest BCUT2D eigenvalue weighted by Gasteiger charge is 2.11. The van der Waals surface area contributed by atoms with Crippen LogP contribution in [0.4, 0.5) is 4.39 Å². The average Bonchev–Trinajstić information content (AvgIpc) is 2.73. The number of carbonyl (C=O) groups is 1. The van der Waals surface area contributed by atoms with E-state index in [-0.39, 0.29) is 5.69 Å². The minimum Gasteiger partial charge on any atom is -0.493 e. The molecular formula is C21H20FN3O4. The maximum absolute atomic E-state index is 13.1. The number of aromatic amines is 1. The van der Waals surface area contributed by atoms with Crippen LogP contribution in [0.3, 0.4) is 0 Å². The number of ether oxygens (including phenoxy) is 2. The summed E-state index contributed by atoms with van der Waals surface area (Å²) in [6, 6.07) is 12.5. The van der Waals surface area contributed by atoms with Crippen molar-refractivity contribution in [3.63, 3.8) is 0 Å². The van der Waals surface area contributed by atoms with Gasteiger partial charge in [0.1, 0.15) is 11.5 Å². The molecular weight excluding hydrogens is 377 g/mol. The van der Waals surface area contributed by atoms with Gasteiger partial charge in [0.05, 0.1) is 19.9 Å². The molecule has 8 heteroatoms. The smallest absolute Gasteiger partial charge is 0.346 e. The molecule has 1 aromatic heterocycles. The van der Waals surface area contributed by atoms with E-state index in [9.17, 15) is 14.0 Å². The van der Waals surface area contributed by atoms with Crippen molar-refractivity contribution < 1.29 is 18.7 Å². The largest absolute Gasteiger partial charge is 0.493 e. The van der Waals surface area contributed by atoms with Gasteiger partial charge in [-0.3, -0.25) is 4.79 Å². The topological polar surface area (TPSA) is 93.3 Å². The number of halogens is 1. The van der Waals surface area contributed by atoms with Gasteiger partial charge in [0.25, 0.3) is 5.91 Å². The maximum Gasteiger partial charge on any atom is 0.346 e. The number of carbonyl (C=O) groups excluding carboxylic acids is 1. The van der Waals surface area contributed by atoms with Crippen LogP contribution in [0, 0.1) is 5.82 Å².